The van der Waals surface area contributed by atoms with Crippen LogP contribution in [0.2, 0.25) is 0 Å². The molecule has 4 heteroatoms. The molecule has 0 aliphatic heterocycles. The predicted octanol–water partition coefficient (Wildman–Crippen LogP) is 1.53. The average molecular weight is 205 g/mol. The molecule has 4 nitrogen and oxygen atoms in total. The van der Waals surface area contributed by atoms with Crippen LogP contribution in [0.25, 0.3) is 0 Å². The highest BCUT2D eigenvalue weighted by molar-refractivity contribution is 5.40. The molecule has 0 saturated heterocycles. The van der Waals surface area contributed by atoms with Gasteiger partial charge < -0.3 is 10.4 Å². The highest BCUT2D eigenvalue weighted by Gasteiger charge is 2.16. The van der Waals surface area contributed by atoms with Crippen LogP contribution in [-0.4, -0.2) is 22.2 Å². The first kappa shape index (κ1) is 11.5. The summed E-state index contributed by atoms with van der Waals surface area (Å²) in [4.78, 5) is 4.10. The second-order valence-electron chi connectivity index (χ2n) is 4.00. The number of nitrogens with one attached hydrogen (secondary N) is 1. The third kappa shape index (κ3) is 3.56. The Hall–Kier alpha value is -1.60. The average Bonchev–Trinajstić information content (AvgIpc) is 2.17. The molecule has 2 N–H and O–H groups in total. The van der Waals surface area contributed by atoms with Gasteiger partial charge in [-0.1, -0.05) is 6.07 Å². The maximum Gasteiger partial charge on any atom is 0.142 e. The summed E-state index contributed by atoms with van der Waals surface area (Å²) in [5, 5.41) is 20.7. The van der Waals surface area contributed by atoms with Gasteiger partial charge >= 0.3 is 0 Å². The molecule has 0 aromatic carbocycles. The van der Waals surface area contributed by atoms with Crippen LogP contribution >= 0.6 is 0 Å². The lowest BCUT2D eigenvalue weighted by molar-refractivity contribution is 0.260. The zero-order chi connectivity index (χ0) is 11.3. The Bertz CT molecular complexity index is 368. The fourth-order valence-electron chi connectivity index (χ4n) is 1.26. The standard InChI is InChI=1S/C11H15N3O/c1-11(2,6-7-15)14-10-5-3-4-9(8-12)13-10/h3-5,15H,6-7H2,1-2H3,(H,13,14). The minimum atomic E-state index is -0.226. The number of aromatic nitrogens is 1. The molecule has 0 aliphatic carbocycles. The summed E-state index contributed by atoms with van der Waals surface area (Å²) in [6, 6.07) is 7.23. The van der Waals surface area contributed by atoms with E-state index in [2.05, 4.69) is 10.3 Å². The molecule has 0 fully saturated rings. The number of hydrogen-bond acceptors (Lipinski definition) is 4. The van der Waals surface area contributed by atoms with Crippen molar-refractivity contribution >= 4 is 5.82 Å². The molecule has 0 radical (unpaired) electrons. The van der Waals surface area contributed by atoms with E-state index in [9.17, 15) is 0 Å². The van der Waals surface area contributed by atoms with E-state index in [0.29, 0.717) is 17.9 Å². The van der Waals surface area contributed by atoms with Crippen LogP contribution < -0.4 is 5.32 Å². The number of pyridine rings is 1. The van der Waals surface area contributed by atoms with Crippen LogP contribution in [0.3, 0.4) is 0 Å². The van der Waals surface area contributed by atoms with Crippen LogP contribution in [0.4, 0.5) is 5.82 Å². The van der Waals surface area contributed by atoms with Gasteiger partial charge in [-0.2, -0.15) is 5.26 Å². The van der Waals surface area contributed by atoms with Gasteiger partial charge in [-0.05, 0) is 32.4 Å². The van der Waals surface area contributed by atoms with E-state index in [1.165, 1.54) is 0 Å². The molecule has 80 valence electrons. The number of aliphatic hydroxyl groups is 1. The summed E-state index contributed by atoms with van der Waals surface area (Å²) in [6.45, 7) is 4.08. The Labute approximate surface area is 89.6 Å². The van der Waals surface area contributed by atoms with Gasteiger partial charge in [0.25, 0.3) is 0 Å². The molecule has 0 bridgehead atoms. The Balaban J connectivity index is 2.76. The number of rotatable bonds is 4. The monoisotopic (exact) mass is 205 g/mol. The van der Waals surface area contributed by atoms with Gasteiger partial charge in [-0.25, -0.2) is 4.98 Å². The van der Waals surface area contributed by atoms with Crippen molar-refractivity contribution in [1.29, 1.82) is 5.26 Å². The van der Waals surface area contributed by atoms with Gasteiger partial charge in [0, 0.05) is 12.1 Å². The lowest BCUT2D eigenvalue weighted by Crippen LogP contribution is -2.32. The molecular formula is C11H15N3O. The zero-order valence-corrected chi connectivity index (χ0v) is 8.99. The van der Waals surface area contributed by atoms with Gasteiger partial charge in [-0.15, -0.1) is 0 Å². The summed E-state index contributed by atoms with van der Waals surface area (Å²) < 4.78 is 0. The Morgan fingerprint density at radius 3 is 2.87 bits per heavy atom. The largest absolute Gasteiger partial charge is 0.396 e. The molecular weight excluding hydrogens is 190 g/mol. The van der Waals surface area contributed by atoms with E-state index in [-0.39, 0.29) is 12.1 Å². The fourth-order valence-corrected chi connectivity index (χ4v) is 1.26. The van der Waals surface area contributed by atoms with Gasteiger partial charge in [0.2, 0.25) is 0 Å². The van der Waals surface area contributed by atoms with Crippen molar-refractivity contribution in [3.8, 4) is 6.07 Å². The van der Waals surface area contributed by atoms with Crippen molar-refractivity contribution in [3.05, 3.63) is 23.9 Å². The highest BCUT2D eigenvalue weighted by Crippen LogP contribution is 2.15. The molecule has 0 spiro atoms. The van der Waals surface area contributed by atoms with Crippen LogP contribution in [0.5, 0.6) is 0 Å². The minimum absolute atomic E-state index is 0.123. The number of anilines is 1. The smallest absolute Gasteiger partial charge is 0.142 e. The van der Waals surface area contributed by atoms with E-state index >= 15 is 0 Å². The molecule has 1 aromatic heterocycles. The third-order valence-corrected chi connectivity index (χ3v) is 2.07. The lowest BCUT2D eigenvalue weighted by atomic mass is 10.0. The Kier molecular flexibility index (Phi) is 3.64. The van der Waals surface area contributed by atoms with E-state index in [1.807, 2.05) is 19.9 Å². The predicted molar refractivity (Wildman–Crippen MR) is 58.4 cm³/mol. The maximum atomic E-state index is 8.87. The van der Waals surface area contributed by atoms with Crippen molar-refractivity contribution < 1.29 is 5.11 Å². The fraction of sp³-hybridized carbons (Fsp3) is 0.455. The summed E-state index contributed by atoms with van der Waals surface area (Å²) in [5.41, 5.74) is 0.162. The molecule has 0 saturated carbocycles. The van der Waals surface area contributed by atoms with Gasteiger partial charge in [0.15, 0.2) is 0 Å². The van der Waals surface area contributed by atoms with E-state index in [0.717, 1.165) is 0 Å². The van der Waals surface area contributed by atoms with Crippen LogP contribution in [-0.2, 0) is 0 Å². The lowest BCUT2D eigenvalue weighted by Gasteiger charge is -2.25. The maximum absolute atomic E-state index is 8.87. The Morgan fingerprint density at radius 1 is 1.53 bits per heavy atom. The minimum Gasteiger partial charge on any atom is -0.396 e. The van der Waals surface area contributed by atoms with Gasteiger partial charge in [0.1, 0.15) is 17.6 Å². The molecule has 0 amide bonds. The van der Waals surface area contributed by atoms with E-state index < -0.39 is 0 Å². The molecule has 0 unspecified atom stereocenters. The zero-order valence-electron chi connectivity index (χ0n) is 8.99. The normalized spacial score (nSPS) is 10.8. The van der Waals surface area contributed by atoms with E-state index in [4.69, 9.17) is 10.4 Å². The second-order valence-corrected chi connectivity index (χ2v) is 4.00. The highest BCUT2D eigenvalue weighted by atomic mass is 16.3. The van der Waals surface area contributed by atoms with Crippen LogP contribution in [0, 0.1) is 11.3 Å². The van der Waals surface area contributed by atoms with Crippen LogP contribution in [0.1, 0.15) is 26.0 Å². The summed E-state index contributed by atoms with van der Waals surface area (Å²) in [7, 11) is 0. The number of aliphatic hydroxyl groups excluding tert-OH is 1. The van der Waals surface area contributed by atoms with Crippen molar-refractivity contribution in [1.82, 2.24) is 4.98 Å². The van der Waals surface area contributed by atoms with Crippen molar-refractivity contribution in [2.75, 3.05) is 11.9 Å². The molecule has 1 aromatic rings. The van der Waals surface area contributed by atoms with Crippen LogP contribution in [0.15, 0.2) is 18.2 Å². The van der Waals surface area contributed by atoms with Crippen molar-refractivity contribution in [2.45, 2.75) is 25.8 Å². The third-order valence-electron chi connectivity index (χ3n) is 2.07. The number of nitrogens with zero attached hydrogens (tertiary/aromatic N) is 2. The summed E-state index contributed by atoms with van der Waals surface area (Å²) in [5.74, 6) is 0.660. The SMILES string of the molecule is CC(C)(CCO)Nc1cccc(C#N)n1. The summed E-state index contributed by atoms with van der Waals surface area (Å²) >= 11 is 0. The molecule has 15 heavy (non-hydrogen) atoms. The quantitative estimate of drug-likeness (QED) is 0.782. The number of nitriles is 1. The van der Waals surface area contributed by atoms with Gasteiger partial charge in [-0.3, -0.25) is 0 Å². The second kappa shape index (κ2) is 4.76. The van der Waals surface area contributed by atoms with Gasteiger partial charge in [0.05, 0.1) is 0 Å². The topological polar surface area (TPSA) is 68.9 Å². The molecule has 1 rings (SSSR count). The number of hydrogen-bond donors (Lipinski definition) is 2. The van der Waals surface area contributed by atoms with Crippen molar-refractivity contribution in [2.24, 2.45) is 0 Å². The first-order chi connectivity index (χ1) is 7.07. The van der Waals surface area contributed by atoms with E-state index in [1.54, 1.807) is 18.2 Å². The first-order valence-corrected chi connectivity index (χ1v) is 4.83. The summed E-state index contributed by atoms with van der Waals surface area (Å²) in [6.07, 6.45) is 0.630. The molecule has 1 heterocycles. The van der Waals surface area contributed by atoms with Crippen molar-refractivity contribution in [3.63, 3.8) is 0 Å². The molecule has 0 atom stereocenters. The Morgan fingerprint density at radius 2 is 2.27 bits per heavy atom. The molecule has 0 aliphatic rings. The first-order valence-electron chi connectivity index (χ1n) is 4.83.